The number of carbonyl (C=O) groups is 1. The standard InChI is InChI=1S/C13H23N3O3S/c14-20(18,19)11-4-7-16(8-11)12(17)15-9-13(5-1-6-13)10-2-3-10/h10-11H,1-9H2,(H,15,17)(H2,14,18,19). The van der Waals surface area contributed by atoms with Crippen LogP contribution in [0.1, 0.15) is 38.5 Å². The zero-order valence-electron chi connectivity index (χ0n) is 11.7. The number of hydrogen-bond acceptors (Lipinski definition) is 3. The predicted octanol–water partition coefficient (Wildman–Crippen LogP) is 0.639. The highest BCUT2D eigenvalue weighted by Gasteiger charge is 2.49. The second-order valence-electron chi connectivity index (χ2n) is 6.59. The summed E-state index contributed by atoms with van der Waals surface area (Å²) in [6, 6.07) is -0.136. The van der Waals surface area contributed by atoms with Crippen LogP contribution in [0.15, 0.2) is 0 Å². The molecule has 3 fully saturated rings. The molecule has 0 aromatic heterocycles. The number of rotatable bonds is 4. The monoisotopic (exact) mass is 301 g/mol. The quantitative estimate of drug-likeness (QED) is 0.798. The molecule has 0 aromatic rings. The zero-order chi connectivity index (χ0) is 14.4. The Bertz CT molecular complexity index is 497. The van der Waals surface area contributed by atoms with Crippen molar-refractivity contribution in [1.29, 1.82) is 0 Å². The molecule has 3 rings (SSSR count). The highest BCUT2D eigenvalue weighted by Crippen LogP contribution is 2.56. The molecule has 1 unspecified atom stereocenters. The first-order chi connectivity index (χ1) is 9.41. The van der Waals surface area contributed by atoms with Gasteiger partial charge in [0, 0.05) is 19.6 Å². The van der Waals surface area contributed by atoms with Gasteiger partial charge in [0.1, 0.15) is 0 Å². The predicted molar refractivity (Wildman–Crippen MR) is 75.5 cm³/mol. The van der Waals surface area contributed by atoms with E-state index < -0.39 is 15.3 Å². The van der Waals surface area contributed by atoms with Crippen molar-refractivity contribution in [3.05, 3.63) is 0 Å². The molecule has 1 aliphatic heterocycles. The number of sulfonamides is 1. The number of nitrogens with zero attached hydrogens (tertiary/aromatic N) is 1. The molecule has 1 saturated heterocycles. The molecule has 0 aromatic carbocycles. The van der Waals surface area contributed by atoms with Gasteiger partial charge in [-0.3, -0.25) is 0 Å². The third-order valence-corrected chi connectivity index (χ3v) is 6.60. The minimum Gasteiger partial charge on any atom is -0.337 e. The Hall–Kier alpha value is -0.820. The molecule has 0 bridgehead atoms. The molecule has 2 saturated carbocycles. The highest BCUT2D eigenvalue weighted by molar-refractivity contribution is 7.89. The SMILES string of the molecule is NS(=O)(=O)C1CCN(C(=O)NCC2(C3CC3)CCC2)C1. The van der Waals surface area contributed by atoms with E-state index in [0.29, 0.717) is 18.4 Å². The van der Waals surface area contributed by atoms with Crippen LogP contribution in [0, 0.1) is 11.3 Å². The van der Waals surface area contributed by atoms with Gasteiger partial charge >= 0.3 is 6.03 Å². The lowest BCUT2D eigenvalue weighted by Crippen LogP contribution is -2.48. The molecule has 20 heavy (non-hydrogen) atoms. The summed E-state index contributed by atoms with van der Waals surface area (Å²) < 4.78 is 22.6. The molecular formula is C13H23N3O3S. The first-order valence-electron chi connectivity index (χ1n) is 7.45. The Labute approximate surface area is 120 Å². The van der Waals surface area contributed by atoms with Crippen molar-refractivity contribution >= 4 is 16.1 Å². The highest BCUT2D eigenvalue weighted by atomic mass is 32.2. The maximum Gasteiger partial charge on any atom is 0.317 e. The van der Waals surface area contributed by atoms with Crippen molar-refractivity contribution in [2.24, 2.45) is 16.5 Å². The first-order valence-corrected chi connectivity index (χ1v) is 9.06. The minimum atomic E-state index is -3.53. The molecule has 7 heteroatoms. The molecule has 3 N–H and O–H groups in total. The number of carbonyl (C=O) groups excluding carboxylic acids is 1. The summed E-state index contributed by atoms with van der Waals surface area (Å²) in [5.74, 6) is 0.798. The summed E-state index contributed by atoms with van der Waals surface area (Å²) in [6.45, 7) is 1.44. The second-order valence-corrected chi connectivity index (χ2v) is 8.44. The van der Waals surface area contributed by atoms with Gasteiger partial charge in [0.05, 0.1) is 5.25 Å². The smallest absolute Gasteiger partial charge is 0.317 e. The van der Waals surface area contributed by atoms with E-state index in [2.05, 4.69) is 5.32 Å². The van der Waals surface area contributed by atoms with Crippen LogP contribution in [0.2, 0.25) is 0 Å². The summed E-state index contributed by atoms with van der Waals surface area (Å²) in [4.78, 5) is 13.7. The third-order valence-electron chi connectivity index (χ3n) is 5.28. The van der Waals surface area contributed by atoms with Gasteiger partial charge in [-0.2, -0.15) is 0 Å². The van der Waals surface area contributed by atoms with Gasteiger partial charge in [0.15, 0.2) is 0 Å². The Balaban J connectivity index is 1.50. The number of amides is 2. The maximum atomic E-state index is 12.1. The number of primary sulfonamides is 1. The summed E-state index contributed by atoms with van der Waals surface area (Å²) in [7, 11) is -3.53. The van der Waals surface area contributed by atoms with Crippen LogP contribution in [-0.4, -0.2) is 44.2 Å². The lowest BCUT2D eigenvalue weighted by atomic mass is 9.65. The largest absolute Gasteiger partial charge is 0.337 e. The molecule has 1 atom stereocenters. The van der Waals surface area contributed by atoms with Crippen LogP contribution < -0.4 is 10.5 Å². The van der Waals surface area contributed by atoms with Crippen molar-refractivity contribution < 1.29 is 13.2 Å². The van der Waals surface area contributed by atoms with Gasteiger partial charge in [-0.05, 0) is 43.4 Å². The van der Waals surface area contributed by atoms with Gasteiger partial charge in [-0.25, -0.2) is 18.4 Å². The third kappa shape index (κ3) is 2.65. The Morgan fingerprint density at radius 1 is 1.30 bits per heavy atom. The van der Waals surface area contributed by atoms with Crippen LogP contribution in [0.5, 0.6) is 0 Å². The van der Waals surface area contributed by atoms with Crippen molar-refractivity contribution in [3.8, 4) is 0 Å². The fourth-order valence-electron chi connectivity index (χ4n) is 3.60. The van der Waals surface area contributed by atoms with E-state index in [-0.39, 0.29) is 12.6 Å². The van der Waals surface area contributed by atoms with Gasteiger partial charge in [0.2, 0.25) is 10.0 Å². The van der Waals surface area contributed by atoms with Crippen LogP contribution in [0.25, 0.3) is 0 Å². The Morgan fingerprint density at radius 2 is 2.00 bits per heavy atom. The van der Waals surface area contributed by atoms with Crippen molar-refractivity contribution in [1.82, 2.24) is 10.2 Å². The number of likely N-dealkylation sites (tertiary alicyclic amines) is 1. The van der Waals surface area contributed by atoms with E-state index in [0.717, 1.165) is 12.5 Å². The summed E-state index contributed by atoms with van der Waals surface area (Å²) >= 11 is 0. The number of hydrogen-bond donors (Lipinski definition) is 2. The molecule has 0 spiro atoms. The van der Waals surface area contributed by atoms with Crippen molar-refractivity contribution in [3.63, 3.8) is 0 Å². The maximum absolute atomic E-state index is 12.1. The van der Waals surface area contributed by atoms with Crippen LogP contribution in [-0.2, 0) is 10.0 Å². The Kier molecular flexibility index (Phi) is 3.44. The van der Waals surface area contributed by atoms with E-state index in [9.17, 15) is 13.2 Å². The fraction of sp³-hybridized carbons (Fsp3) is 0.923. The number of nitrogens with one attached hydrogen (secondary N) is 1. The molecular weight excluding hydrogens is 278 g/mol. The van der Waals surface area contributed by atoms with Crippen LogP contribution >= 0.6 is 0 Å². The molecule has 6 nitrogen and oxygen atoms in total. The van der Waals surface area contributed by atoms with E-state index in [1.165, 1.54) is 32.1 Å². The van der Waals surface area contributed by atoms with Crippen LogP contribution in [0.3, 0.4) is 0 Å². The molecule has 2 amide bonds. The summed E-state index contributed by atoms with van der Waals surface area (Å²) in [5.41, 5.74) is 0.342. The second kappa shape index (κ2) is 4.87. The number of nitrogens with two attached hydrogens (primary N) is 1. The Morgan fingerprint density at radius 3 is 2.45 bits per heavy atom. The molecule has 2 aliphatic carbocycles. The first kappa shape index (κ1) is 14.1. The molecule has 0 radical (unpaired) electrons. The lowest BCUT2D eigenvalue weighted by Gasteiger charge is -2.43. The number of urea groups is 1. The van der Waals surface area contributed by atoms with E-state index in [4.69, 9.17) is 5.14 Å². The molecule has 3 aliphatic rings. The normalized spacial score (nSPS) is 29.1. The van der Waals surface area contributed by atoms with Crippen molar-refractivity contribution in [2.75, 3.05) is 19.6 Å². The minimum absolute atomic E-state index is 0.136. The topological polar surface area (TPSA) is 92.5 Å². The average Bonchev–Trinajstić information content (AvgIpc) is 3.03. The summed E-state index contributed by atoms with van der Waals surface area (Å²) in [5, 5.41) is 7.55. The van der Waals surface area contributed by atoms with E-state index in [1.54, 1.807) is 4.90 Å². The average molecular weight is 301 g/mol. The van der Waals surface area contributed by atoms with E-state index in [1.807, 2.05) is 0 Å². The van der Waals surface area contributed by atoms with Gasteiger partial charge < -0.3 is 10.2 Å². The fourth-order valence-corrected chi connectivity index (χ4v) is 4.42. The summed E-state index contributed by atoms with van der Waals surface area (Å²) in [6.07, 6.45) is 6.75. The van der Waals surface area contributed by atoms with Crippen LogP contribution in [0.4, 0.5) is 4.79 Å². The molecule has 1 heterocycles. The zero-order valence-corrected chi connectivity index (χ0v) is 12.5. The van der Waals surface area contributed by atoms with Gasteiger partial charge in [0.25, 0.3) is 0 Å². The van der Waals surface area contributed by atoms with E-state index >= 15 is 0 Å². The molecule has 114 valence electrons. The lowest BCUT2D eigenvalue weighted by molar-refractivity contribution is 0.0988. The van der Waals surface area contributed by atoms with Crippen molar-refractivity contribution in [2.45, 2.75) is 43.8 Å². The van der Waals surface area contributed by atoms with Gasteiger partial charge in [-0.1, -0.05) is 6.42 Å². The van der Waals surface area contributed by atoms with Gasteiger partial charge in [-0.15, -0.1) is 0 Å².